The number of benzene rings is 2. The molecule has 1 nitrogen and oxygen atoms in total. The minimum atomic E-state index is -0.318. The van der Waals surface area contributed by atoms with E-state index in [1.807, 2.05) is 0 Å². The first-order valence-electron chi connectivity index (χ1n) is 7.41. The highest BCUT2D eigenvalue weighted by atomic mass is 32.2. The largest absolute Gasteiger partial charge is 0.292 e. The fraction of sp³-hybridized carbons (Fsp3) is 0.389. The Morgan fingerprint density at radius 1 is 0.857 bits per heavy atom. The van der Waals surface area contributed by atoms with Crippen LogP contribution in [-0.2, 0) is 19.3 Å². The lowest BCUT2D eigenvalue weighted by molar-refractivity contribution is 0.0978. The number of hydrogen-bond donors (Lipinski definition) is 0. The molecule has 0 unspecified atom stereocenters. The topological polar surface area (TPSA) is 17.1 Å². The lowest BCUT2D eigenvalue weighted by Crippen LogP contribution is -2.30. The summed E-state index contributed by atoms with van der Waals surface area (Å²) in [6, 6.07) is 8.82. The molecule has 108 valence electrons. The Bertz CT molecular complexity index is 749. The summed E-state index contributed by atoms with van der Waals surface area (Å²) >= 11 is 3.41. The van der Waals surface area contributed by atoms with Crippen LogP contribution >= 0.6 is 23.5 Å². The van der Waals surface area contributed by atoms with E-state index in [1.54, 1.807) is 23.5 Å². The van der Waals surface area contributed by atoms with Gasteiger partial charge in [0.2, 0.25) is 0 Å². The Morgan fingerprint density at radius 3 is 2.05 bits per heavy atom. The van der Waals surface area contributed by atoms with Gasteiger partial charge in [0, 0.05) is 5.56 Å². The minimum absolute atomic E-state index is 0.317. The standard InChI is InChI=1S/C18H18OS2/c1-20-18(21-2)10-9-13-6-5-11-3-4-12-7-8-14(17(18)19)16(13)15(11)12/h5-8H,3-4,9-10H2,1-2H3. The molecule has 2 aromatic carbocycles. The number of carbonyl (C=O) groups excluding carboxylic acids is 1. The zero-order valence-electron chi connectivity index (χ0n) is 12.4. The van der Waals surface area contributed by atoms with E-state index in [2.05, 4.69) is 36.8 Å². The van der Waals surface area contributed by atoms with Gasteiger partial charge in [0.25, 0.3) is 0 Å². The van der Waals surface area contributed by atoms with Crippen LogP contribution in [0.1, 0.15) is 33.5 Å². The number of ketones is 1. The van der Waals surface area contributed by atoms with Gasteiger partial charge in [0.1, 0.15) is 4.08 Å². The third-order valence-corrected chi connectivity index (χ3v) is 8.15. The van der Waals surface area contributed by atoms with Crippen molar-refractivity contribution in [2.45, 2.75) is 29.8 Å². The van der Waals surface area contributed by atoms with E-state index in [-0.39, 0.29) is 4.08 Å². The van der Waals surface area contributed by atoms with Gasteiger partial charge in [-0.2, -0.15) is 0 Å². The van der Waals surface area contributed by atoms with Gasteiger partial charge in [0.15, 0.2) is 5.78 Å². The Labute approximate surface area is 133 Å². The molecule has 0 radical (unpaired) electrons. The van der Waals surface area contributed by atoms with Crippen molar-refractivity contribution in [2.24, 2.45) is 0 Å². The van der Waals surface area contributed by atoms with Crippen LogP contribution in [0.2, 0.25) is 0 Å². The zero-order valence-corrected chi connectivity index (χ0v) is 14.0. The SMILES string of the molecule is CSC1(SC)CCc2ccc3c4c(ccc(c24)C1=O)CC3. The van der Waals surface area contributed by atoms with Crippen molar-refractivity contribution in [1.29, 1.82) is 0 Å². The molecule has 0 bridgehead atoms. The quantitative estimate of drug-likeness (QED) is 0.760. The van der Waals surface area contributed by atoms with E-state index in [0.717, 1.165) is 31.2 Å². The summed E-state index contributed by atoms with van der Waals surface area (Å²) in [5.74, 6) is 0.317. The third-order valence-electron chi connectivity index (χ3n) is 5.06. The Kier molecular flexibility index (Phi) is 3.13. The van der Waals surface area contributed by atoms with Crippen molar-refractivity contribution in [3.05, 3.63) is 46.5 Å². The molecule has 0 N–H and O–H groups in total. The van der Waals surface area contributed by atoms with Crippen molar-refractivity contribution in [1.82, 2.24) is 0 Å². The summed E-state index contributed by atoms with van der Waals surface area (Å²) in [5, 5.41) is 2.65. The summed E-state index contributed by atoms with van der Waals surface area (Å²) in [4.78, 5) is 13.2. The lowest BCUT2D eigenvalue weighted by atomic mass is 9.94. The molecule has 3 heteroatoms. The fourth-order valence-electron chi connectivity index (χ4n) is 3.89. The third kappa shape index (κ3) is 1.77. The predicted octanol–water partition coefficient (Wildman–Crippen LogP) is 4.49. The average molecular weight is 314 g/mol. The average Bonchev–Trinajstić information content (AvgIpc) is 2.90. The van der Waals surface area contributed by atoms with Crippen LogP contribution in [-0.4, -0.2) is 22.4 Å². The molecule has 2 aromatic rings. The summed E-state index contributed by atoms with van der Waals surface area (Å²) in [7, 11) is 0. The number of rotatable bonds is 2. The molecule has 2 aliphatic carbocycles. The molecule has 0 heterocycles. The van der Waals surface area contributed by atoms with E-state index in [0.29, 0.717) is 5.78 Å². The first-order valence-corrected chi connectivity index (χ1v) is 9.86. The van der Waals surface area contributed by atoms with Crippen LogP contribution in [0.5, 0.6) is 0 Å². The molecule has 0 fully saturated rings. The molecule has 0 amide bonds. The van der Waals surface area contributed by atoms with Gasteiger partial charge < -0.3 is 0 Å². The maximum Gasteiger partial charge on any atom is 0.189 e. The molecule has 2 aliphatic rings. The number of hydrogen-bond acceptors (Lipinski definition) is 3. The Morgan fingerprint density at radius 2 is 1.43 bits per heavy atom. The summed E-state index contributed by atoms with van der Waals surface area (Å²) in [6.07, 6.45) is 8.31. The van der Waals surface area contributed by atoms with Crippen LogP contribution in [0.15, 0.2) is 24.3 Å². The van der Waals surface area contributed by atoms with E-state index in [9.17, 15) is 4.79 Å². The molecular weight excluding hydrogens is 296 g/mol. The van der Waals surface area contributed by atoms with Gasteiger partial charge >= 0.3 is 0 Å². The summed E-state index contributed by atoms with van der Waals surface area (Å²) in [5.41, 5.74) is 5.18. The smallest absolute Gasteiger partial charge is 0.189 e. The molecule has 4 rings (SSSR count). The zero-order chi connectivity index (χ0) is 14.6. The molecular formula is C18H18OS2. The first-order chi connectivity index (χ1) is 10.2. The Hall–Kier alpha value is -0.930. The molecule has 0 atom stereocenters. The molecule has 21 heavy (non-hydrogen) atoms. The van der Waals surface area contributed by atoms with Crippen LogP contribution in [0.4, 0.5) is 0 Å². The summed E-state index contributed by atoms with van der Waals surface area (Å²) in [6.45, 7) is 0. The van der Waals surface area contributed by atoms with E-state index in [4.69, 9.17) is 0 Å². The molecule has 0 saturated carbocycles. The second-order valence-electron chi connectivity index (χ2n) is 5.90. The van der Waals surface area contributed by atoms with Gasteiger partial charge in [-0.3, -0.25) is 4.79 Å². The second-order valence-corrected chi connectivity index (χ2v) is 8.37. The number of thioether (sulfide) groups is 2. The molecule has 0 saturated heterocycles. The van der Waals surface area contributed by atoms with Crippen LogP contribution in [0, 0.1) is 0 Å². The highest BCUT2D eigenvalue weighted by Crippen LogP contribution is 2.47. The van der Waals surface area contributed by atoms with Crippen molar-refractivity contribution in [3.8, 4) is 0 Å². The highest BCUT2D eigenvalue weighted by molar-refractivity contribution is 8.18. The maximum absolute atomic E-state index is 13.2. The molecule has 0 spiro atoms. The fourth-order valence-corrected chi connectivity index (χ4v) is 5.76. The molecule has 0 aliphatic heterocycles. The monoisotopic (exact) mass is 314 g/mol. The van der Waals surface area contributed by atoms with Gasteiger partial charge in [-0.15, -0.1) is 23.5 Å². The number of Topliss-reactive ketones (excluding diaryl/α,β-unsaturated/α-hetero) is 1. The highest BCUT2D eigenvalue weighted by Gasteiger charge is 2.40. The van der Waals surface area contributed by atoms with Crippen molar-refractivity contribution < 1.29 is 4.79 Å². The van der Waals surface area contributed by atoms with Crippen molar-refractivity contribution >= 4 is 40.1 Å². The van der Waals surface area contributed by atoms with E-state index >= 15 is 0 Å². The van der Waals surface area contributed by atoms with Gasteiger partial charge in [0.05, 0.1) is 0 Å². The van der Waals surface area contributed by atoms with Gasteiger partial charge in [-0.1, -0.05) is 24.3 Å². The number of carbonyl (C=O) groups is 1. The Balaban J connectivity index is 2.06. The minimum Gasteiger partial charge on any atom is -0.292 e. The van der Waals surface area contributed by atoms with E-state index in [1.165, 1.54) is 27.5 Å². The van der Waals surface area contributed by atoms with Crippen molar-refractivity contribution in [2.75, 3.05) is 12.5 Å². The maximum atomic E-state index is 13.2. The second kappa shape index (κ2) is 4.79. The van der Waals surface area contributed by atoms with Crippen LogP contribution in [0.3, 0.4) is 0 Å². The van der Waals surface area contributed by atoms with Crippen molar-refractivity contribution in [3.63, 3.8) is 0 Å². The lowest BCUT2D eigenvalue weighted by Gasteiger charge is -2.27. The number of aryl methyl sites for hydroxylation is 3. The van der Waals surface area contributed by atoms with Crippen LogP contribution in [0.25, 0.3) is 10.8 Å². The van der Waals surface area contributed by atoms with Gasteiger partial charge in [-0.25, -0.2) is 0 Å². The van der Waals surface area contributed by atoms with Gasteiger partial charge in [-0.05, 0) is 65.7 Å². The summed E-state index contributed by atoms with van der Waals surface area (Å²) < 4.78 is -0.318. The normalized spacial score (nSPS) is 19.0. The predicted molar refractivity (Wildman–Crippen MR) is 93.8 cm³/mol. The molecule has 0 aromatic heterocycles. The van der Waals surface area contributed by atoms with E-state index < -0.39 is 0 Å². The first kappa shape index (κ1) is 13.7. The van der Waals surface area contributed by atoms with Crippen LogP contribution < -0.4 is 0 Å².